The number of carbonyl (C=O) groups is 1. The molecule has 1 aromatic heterocycles. The van der Waals surface area contributed by atoms with E-state index in [2.05, 4.69) is 15.5 Å². The lowest BCUT2D eigenvalue weighted by molar-refractivity contribution is -0.146. The first-order valence-corrected chi connectivity index (χ1v) is 8.00. The van der Waals surface area contributed by atoms with Crippen molar-refractivity contribution < 1.29 is 18.0 Å². The highest BCUT2D eigenvalue weighted by Gasteiger charge is 2.38. The smallest absolute Gasteiger partial charge is 0.349 e. The van der Waals surface area contributed by atoms with Crippen LogP contribution in [0.25, 0.3) is 0 Å². The number of amides is 1. The van der Waals surface area contributed by atoms with Crippen molar-refractivity contribution in [2.45, 2.75) is 24.3 Å². The molecule has 1 amide bonds. The van der Waals surface area contributed by atoms with Gasteiger partial charge in [-0.15, -0.1) is 10.2 Å². The molecule has 0 radical (unpaired) electrons. The number of thioether (sulfide) groups is 1. The molecule has 0 bridgehead atoms. The summed E-state index contributed by atoms with van der Waals surface area (Å²) in [7, 11) is 0. The van der Waals surface area contributed by atoms with Gasteiger partial charge in [-0.25, -0.2) is 4.68 Å². The van der Waals surface area contributed by atoms with E-state index in [9.17, 15) is 18.0 Å². The van der Waals surface area contributed by atoms with Gasteiger partial charge < -0.3 is 11.2 Å². The Morgan fingerprint density at radius 1 is 1.42 bits per heavy atom. The zero-order chi connectivity index (χ0) is 17.9. The van der Waals surface area contributed by atoms with Gasteiger partial charge in [-0.2, -0.15) is 13.2 Å². The van der Waals surface area contributed by atoms with Crippen molar-refractivity contribution >= 4 is 29.3 Å². The molecule has 0 fully saturated rings. The first-order chi connectivity index (χ1) is 11.2. The molecule has 0 aliphatic carbocycles. The molecule has 0 spiro atoms. The number of nitrogens with two attached hydrogens (primary N) is 1. The van der Waals surface area contributed by atoms with Crippen LogP contribution >= 0.6 is 23.4 Å². The molecule has 2 rings (SSSR count). The molecule has 1 heterocycles. The van der Waals surface area contributed by atoms with Crippen molar-refractivity contribution in [2.24, 2.45) is 0 Å². The number of aromatic nitrogens is 3. The maximum atomic E-state index is 12.6. The monoisotopic (exact) mass is 379 g/mol. The van der Waals surface area contributed by atoms with Crippen LogP contribution in [0.5, 0.6) is 0 Å². The zero-order valence-corrected chi connectivity index (χ0v) is 13.9. The van der Waals surface area contributed by atoms with Crippen LogP contribution in [0.15, 0.2) is 29.4 Å². The number of alkyl halides is 3. The van der Waals surface area contributed by atoms with Crippen LogP contribution in [-0.4, -0.2) is 26.5 Å². The quantitative estimate of drug-likeness (QED) is 0.616. The van der Waals surface area contributed by atoms with Crippen LogP contribution in [0.4, 0.5) is 13.2 Å². The summed E-state index contributed by atoms with van der Waals surface area (Å²) in [6, 6.07) is 6.67. The Balaban J connectivity index is 1.95. The third kappa shape index (κ3) is 4.32. The summed E-state index contributed by atoms with van der Waals surface area (Å²) >= 11 is 6.79. The van der Waals surface area contributed by atoms with Gasteiger partial charge in [0.05, 0.1) is 11.8 Å². The minimum absolute atomic E-state index is 0.165. The van der Waals surface area contributed by atoms with E-state index in [0.29, 0.717) is 9.70 Å². The molecular weight excluding hydrogens is 367 g/mol. The average molecular weight is 380 g/mol. The van der Waals surface area contributed by atoms with Gasteiger partial charge in [-0.1, -0.05) is 41.6 Å². The minimum Gasteiger partial charge on any atom is -0.349 e. The lowest BCUT2D eigenvalue weighted by Crippen LogP contribution is -2.28. The van der Waals surface area contributed by atoms with Gasteiger partial charge in [-0.3, -0.25) is 4.79 Å². The summed E-state index contributed by atoms with van der Waals surface area (Å²) in [5, 5.41) is 9.32. The minimum atomic E-state index is -4.71. The molecule has 0 unspecified atom stereocenters. The van der Waals surface area contributed by atoms with E-state index in [1.165, 1.54) is 0 Å². The fourth-order valence-electron chi connectivity index (χ4n) is 1.89. The third-order valence-corrected chi connectivity index (χ3v) is 4.29. The molecule has 0 saturated carbocycles. The number of benzene rings is 1. The van der Waals surface area contributed by atoms with Crippen molar-refractivity contribution in [1.82, 2.24) is 20.2 Å². The SMILES string of the molecule is C[C@@H](NC(=O)CSc1nnc(C(F)(F)F)n1N)c1ccccc1Cl. The molecule has 1 aromatic carbocycles. The molecule has 6 nitrogen and oxygen atoms in total. The standard InChI is InChI=1S/C13H13ClF3N5OS/c1-7(8-4-2-3-5-9(8)14)19-10(23)6-24-12-21-20-11(22(12)18)13(15,16)17/h2-5,7H,6,18H2,1H3,(H,19,23)/t7-/m1/s1. The predicted molar refractivity (Wildman–Crippen MR) is 83.9 cm³/mol. The van der Waals surface area contributed by atoms with E-state index in [4.69, 9.17) is 17.4 Å². The summed E-state index contributed by atoms with van der Waals surface area (Å²) in [6.07, 6.45) is -4.71. The second-order valence-electron chi connectivity index (χ2n) is 4.77. The largest absolute Gasteiger partial charge is 0.453 e. The van der Waals surface area contributed by atoms with E-state index in [1.807, 2.05) is 0 Å². The Kier molecular flexibility index (Phi) is 5.60. The summed E-state index contributed by atoms with van der Waals surface area (Å²) < 4.78 is 38.0. The van der Waals surface area contributed by atoms with Crippen molar-refractivity contribution in [3.05, 3.63) is 40.7 Å². The van der Waals surface area contributed by atoms with Gasteiger partial charge in [0.25, 0.3) is 5.82 Å². The Labute approximate surface area is 144 Å². The molecule has 130 valence electrons. The van der Waals surface area contributed by atoms with E-state index >= 15 is 0 Å². The molecule has 0 aliphatic heterocycles. The van der Waals surface area contributed by atoms with Gasteiger partial charge in [0.1, 0.15) is 0 Å². The van der Waals surface area contributed by atoms with Crippen LogP contribution in [0.2, 0.25) is 5.02 Å². The lowest BCUT2D eigenvalue weighted by Gasteiger charge is -2.15. The van der Waals surface area contributed by atoms with Crippen LogP contribution in [0.1, 0.15) is 24.4 Å². The van der Waals surface area contributed by atoms with Gasteiger partial charge >= 0.3 is 6.18 Å². The highest BCUT2D eigenvalue weighted by atomic mass is 35.5. The molecule has 11 heteroatoms. The van der Waals surface area contributed by atoms with Crippen LogP contribution in [0, 0.1) is 0 Å². The average Bonchev–Trinajstić information content (AvgIpc) is 2.86. The Bertz CT molecular complexity index is 737. The van der Waals surface area contributed by atoms with Crippen molar-refractivity contribution in [2.75, 3.05) is 11.6 Å². The summed E-state index contributed by atoms with van der Waals surface area (Å²) in [5.41, 5.74) is 0.735. The van der Waals surface area contributed by atoms with Crippen molar-refractivity contribution in [3.8, 4) is 0 Å². The number of carbonyl (C=O) groups excluding carboxylic acids is 1. The number of rotatable bonds is 5. The zero-order valence-electron chi connectivity index (χ0n) is 12.3. The molecule has 0 aliphatic rings. The van der Waals surface area contributed by atoms with Crippen LogP contribution in [-0.2, 0) is 11.0 Å². The number of halogens is 4. The van der Waals surface area contributed by atoms with E-state index < -0.39 is 17.9 Å². The first-order valence-electron chi connectivity index (χ1n) is 6.64. The highest BCUT2D eigenvalue weighted by molar-refractivity contribution is 7.99. The summed E-state index contributed by atoms with van der Waals surface area (Å²) in [4.78, 5) is 11.9. The maximum Gasteiger partial charge on any atom is 0.453 e. The van der Waals surface area contributed by atoms with Crippen LogP contribution < -0.4 is 11.2 Å². The van der Waals surface area contributed by atoms with E-state index in [0.717, 1.165) is 17.3 Å². The maximum absolute atomic E-state index is 12.6. The predicted octanol–water partition coefficient (Wildman–Crippen LogP) is 2.63. The molecule has 0 saturated heterocycles. The van der Waals surface area contributed by atoms with Gasteiger partial charge in [0, 0.05) is 5.02 Å². The summed E-state index contributed by atoms with van der Waals surface area (Å²) in [5.74, 6) is 3.40. The Morgan fingerprint density at radius 3 is 2.67 bits per heavy atom. The van der Waals surface area contributed by atoms with Gasteiger partial charge in [0.15, 0.2) is 0 Å². The fraction of sp³-hybridized carbons (Fsp3) is 0.308. The molecular formula is C13H13ClF3N5OS. The Morgan fingerprint density at radius 2 is 2.08 bits per heavy atom. The molecule has 24 heavy (non-hydrogen) atoms. The van der Waals surface area contributed by atoms with E-state index in [-0.39, 0.29) is 17.0 Å². The number of hydrogen-bond donors (Lipinski definition) is 2. The van der Waals surface area contributed by atoms with Crippen LogP contribution in [0.3, 0.4) is 0 Å². The second-order valence-corrected chi connectivity index (χ2v) is 6.12. The van der Waals surface area contributed by atoms with Crippen molar-refractivity contribution in [3.63, 3.8) is 0 Å². The second kappa shape index (κ2) is 7.31. The molecule has 2 aromatic rings. The lowest BCUT2D eigenvalue weighted by atomic mass is 10.1. The van der Waals surface area contributed by atoms with Gasteiger partial charge in [-0.05, 0) is 18.6 Å². The topological polar surface area (TPSA) is 85.8 Å². The summed E-state index contributed by atoms with van der Waals surface area (Å²) in [6.45, 7) is 1.75. The number of hydrogen-bond acceptors (Lipinski definition) is 5. The van der Waals surface area contributed by atoms with E-state index in [1.54, 1.807) is 31.2 Å². The fourth-order valence-corrected chi connectivity index (χ4v) is 2.85. The van der Waals surface area contributed by atoms with Crippen molar-refractivity contribution in [1.29, 1.82) is 0 Å². The highest BCUT2D eigenvalue weighted by Crippen LogP contribution is 2.29. The normalized spacial score (nSPS) is 12.9. The third-order valence-electron chi connectivity index (χ3n) is 3.00. The Hall–Kier alpha value is -1.94. The molecule has 1 atom stereocenters. The number of nitrogen functional groups attached to an aromatic ring is 1. The number of nitrogens with zero attached hydrogens (tertiary/aromatic N) is 3. The van der Waals surface area contributed by atoms with Gasteiger partial charge in [0.2, 0.25) is 11.1 Å². The molecule has 3 N–H and O–H groups in total. The first kappa shape index (κ1) is 18.4. The number of nitrogens with one attached hydrogen (secondary N) is 1.